The van der Waals surface area contributed by atoms with Crippen molar-refractivity contribution in [3.63, 3.8) is 0 Å². The first-order valence-electron chi connectivity index (χ1n) is 6.30. The van der Waals surface area contributed by atoms with E-state index < -0.39 is 0 Å². The highest BCUT2D eigenvalue weighted by Crippen LogP contribution is 2.10. The molecule has 0 aromatic heterocycles. The molecule has 0 bridgehead atoms. The number of nitrogens with one attached hydrogen (secondary N) is 1. The lowest BCUT2D eigenvalue weighted by Gasteiger charge is -2.39. The minimum absolute atomic E-state index is 0.0212. The van der Waals surface area contributed by atoms with Crippen LogP contribution in [0.1, 0.15) is 27.2 Å². The van der Waals surface area contributed by atoms with Gasteiger partial charge in [0.25, 0.3) is 0 Å². The number of rotatable bonds is 7. The fraction of sp³-hybridized carbons (Fsp3) is 0.917. The third kappa shape index (κ3) is 3.76. The minimum atomic E-state index is -0.0733. The molecule has 4 nitrogen and oxygen atoms in total. The molecule has 1 saturated heterocycles. The summed E-state index contributed by atoms with van der Waals surface area (Å²) in [6.45, 7) is 10.4. The number of nitrogens with zero attached hydrogens (tertiary/aromatic N) is 1. The van der Waals surface area contributed by atoms with E-state index in [2.05, 4.69) is 17.1 Å². The summed E-state index contributed by atoms with van der Waals surface area (Å²) in [6, 6.07) is 0.608. The molecule has 16 heavy (non-hydrogen) atoms. The molecule has 1 atom stereocenters. The Hall–Kier alpha value is -0.610. The SMILES string of the molecule is CCCN(CC(C)C(=O)OCC)C1CNC1. The maximum Gasteiger partial charge on any atom is 0.309 e. The van der Waals surface area contributed by atoms with Crippen LogP contribution in [0.5, 0.6) is 0 Å². The van der Waals surface area contributed by atoms with E-state index in [1.807, 2.05) is 13.8 Å². The summed E-state index contributed by atoms with van der Waals surface area (Å²) in [4.78, 5) is 13.9. The van der Waals surface area contributed by atoms with Crippen LogP contribution in [-0.2, 0) is 9.53 Å². The number of hydrogen-bond acceptors (Lipinski definition) is 4. The van der Waals surface area contributed by atoms with Gasteiger partial charge in [0.1, 0.15) is 0 Å². The summed E-state index contributed by atoms with van der Waals surface area (Å²) in [5.74, 6) is -0.0945. The zero-order chi connectivity index (χ0) is 12.0. The number of carbonyl (C=O) groups is 1. The van der Waals surface area contributed by atoms with E-state index in [9.17, 15) is 4.79 Å². The summed E-state index contributed by atoms with van der Waals surface area (Å²) in [6.07, 6.45) is 1.13. The predicted octanol–water partition coefficient (Wildman–Crippen LogP) is 0.869. The van der Waals surface area contributed by atoms with Crippen molar-refractivity contribution in [3.05, 3.63) is 0 Å². The molecule has 0 amide bonds. The number of ether oxygens (including phenoxy) is 1. The van der Waals surface area contributed by atoms with Gasteiger partial charge in [-0.05, 0) is 19.9 Å². The molecular formula is C12H24N2O2. The largest absolute Gasteiger partial charge is 0.466 e. The first-order chi connectivity index (χ1) is 7.69. The van der Waals surface area contributed by atoms with Gasteiger partial charge in [-0.15, -0.1) is 0 Å². The van der Waals surface area contributed by atoms with Crippen LogP contribution in [0.25, 0.3) is 0 Å². The fourth-order valence-corrected chi connectivity index (χ4v) is 1.95. The topological polar surface area (TPSA) is 41.6 Å². The second-order valence-corrected chi connectivity index (χ2v) is 4.46. The van der Waals surface area contributed by atoms with Crippen molar-refractivity contribution in [2.75, 3.05) is 32.8 Å². The van der Waals surface area contributed by atoms with Gasteiger partial charge >= 0.3 is 5.97 Å². The third-order valence-corrected chi connectivity index (χ3v) is 2.98. The molecule has 1 aliphatic heterocycles. The van der Waals surface area contributed by atoms with Gasteiger partial charge in [-0.3, -0.25) is 9.69 Å². The second kappa shape index (κ2) is 6.86. The average Bonchev–Trinajstić information content (AvgIpc) is 2.15. The molecule has 0 aromatic carbocycles. The first-order valence-corrected chi connectivity index (χ1v) is 6.30. The minimum Gasteiger partial charge on any atom is -0.466 e. The van der Waals surface area contributed by atoms with Crippen molar-refractivity contribution < 1.29 is 9.53 Å². The Labute approximate surface area is 98.3 Å². The van der Waals surface area contributed by atoms with E-state index >= 15 is 0 Å². The molecule has 1 N–H and O–H groups in total. The summed E-state index contributed by atoms with van der Waals surface area (Å²) in [7, 11) is 0. The van der Waals surface area contributed by atoms with Gasteiger partial charge < -0.3 is 10.1 Å². The molecule has 1 unspecified atom stereocenters. The Kier molecular flexibility index (Phi) is 5.77. The molecule has 0 spiro atoms. The van der Waals surface area contributed by atoms with Crippen LogP contribution in [-0.4, -0.2) is 49.7 Å². The zero-order valence-corrected chi connectivity index (χ0v) is 10.7. The van der Waals surface area contributed by atoms with Crippen molar-refractivity contribution in [2.24, 2.45) is 5.92 Å². The van der Waals surface area contributed by atoms with Gasteiger partial charge in [0.2, 0.25) is 0 Å². The maximum absolute atomic E-state index is 11.5. The highest BCUT2D eigenvalue weighted by molar-refractivity contribution is 5.72. The van der Waals surface area contributed by atoms with Gasteiger partial charge in [-0.1, -0.05) is 13.8 Å². The third-order valence-electron chi connectivity index (χ3n) is 2.98. The number of hydrogen-bond donors (Lipinski definition) is 1. The highest BCUT2D eigenvalue weighted by Gasteiger charge is 2.27. The summed E-state index contributed by atoms with van der Waals surface area (Å²) in [5, 5.41) is 3.27. The van der Waals surface area contributed by atoms with Crippen LogP contribution < -0.4 is 5.32 Å². The van der Waals surface area contributed by atoms with Crippen LogP contribution in [0.15, 0.2) is 0 Å². The van der Waals surface area contributed by atoms with Crippen molar-refractivity contribution >= 4 is 5.97 Å². The van der Waals surface area contributed by atoms with E-state index in [1.54, 1.807) is 0 Å². The van der Waals surface area contributed by atoms with Gasteiger partial charge in [0.15, 0.2) is 0 Å². The highest BCUT2D eigenvalue weighted by atomic mass is 16.5. The van der Waals surface area contributed by atoms with E-state index in [4.69, 9.17) is 4.74 Å². The van der Waals surface area contributed by atoms with Gasteiger partial charge in [-0.25, -0.2) is 0 Å². The van der Waals surface area contributed by atoms with Crippen molar-refractivity contribution in [2.45, 2.75) is 33.2 Å². The Bertz CT molecular complexity index is 217. The monoisotopic (exact) mass is 228 g/mol. The summed E-state index contributed by atoms with van der Waals surface area (Å²) in [5.41, 5.74) is 0. The Morgan fingerprint density at radius 3 is 2.62 bits per heavy atom. The van der Waals surface area contributed by atoms with E-state index in [0.29, 0.717) is 12.6 Å². The molecule has 1 fully saturated rings. The smallest absolute Gasteiger partial charge is 0.309 e. The quantitative estimate of drug-likeness (QED) is 0.657. The maximum atomic E-state index is 11.5. The molecule has 0 aromatic rings. The molecule has 1 rings (SSSR count). The molecule has 4 heteroatoms. The molecular weight excluding hydrogens is 204 g/mol. The van der Waals surface area contributed by atoms with Crippen LogP contribution in [0.4, 0.5) is 0 Å². The molecule has 94 valence electrons. The van der Waals surface area contributed by atoms with Gasteiger partial charge in [0, 0.05) is 25.7 Å². The summed E-state index contributed by atoms with van der Waals surface area (Å²) >= 11 is 0. The molecule has 1 aliphatic rings. The molecule has 0 radical (unpaired) electrons. The average molecular weight is 228 g/mol. The molecule has 0 saturated carbocycles. The van der Waals surface area contributed by atoms with E-state index in [1.165, 1.54) is 0 Å². The van der Waals surface area contributed by atoms with Crippen LogP contribution >= 0.6 is 0 Å². The Balaban J connectivity index is 2.37. The van der Waals surface area contributed by atoms with Crippen LogP contribution in [0.2, 0.25) is 0 Å². The van der Waals surface area contributed by atoms with E-state index in [-0.39, 0.29) is 11.9 Å². The van der Waals surface area contributed by atoms with Crippen LogP contribution in [0, 0.1) is 5.92 Å². The normalized spacial score (nSPS) is 18.2. The first kappa shape index (κ1) is 13.5. The Morgan fingerprint density at radius 2 is 2.19 bits per heavy atom. The van der Waals surface area contributed by atoms with Gasteiger partial charge in [0.05, 0.1) is 12.5 Å². The summed E-state index contributed by atoms with van der Waals surface area (Å²) < 4.78 is 5.03. The second-order valence-electron chi connectivity index (χ2n) is 4.46. The lowest BCUT2D eigenvalue weighted by Crippen LogP contribution is -2.58. The number of carbonyl (C=O) groups excluding carboxylic acids is 1. The van der Waals surface area contributed by atoms with Gasteiger partial charge in [-0.2, -0.15) is 0 Å². The van der Waals surface area contributed by atoms with Crippen molar-refractivity contribution in [1.29, 1.82) is 0 Å². The van der Waals surface area contributed by atoms with Crippen molar-refractivity contribution in [1.82, 2.24) is 10.2 Å². The fourth-order valence-electron chi connectivity index (χ4n) is 1.95. The lowest BCUT2D eigenvalue weighted by atomic mass is 10.1. The molecule has 1 heterocycles. The standard InChI is InChI=1S/C12H24N2O2/c1-4-6-14(11-7-13-8-11)9-10(3)12(15)16-5-2/h10-11,13H,4-9H2,1-3H3. The lowest BCUT2D eigenvalue weighted by molar-refractivity contribution is -0.148. The molecule has 0 aliphatic carbocycles. The number of esters is 1. The Morgan fingerprint density at radius 1 is 1.50 bits per heavy atom. The zero-order valence-electron chi connectivity index (χ0n) is 10.7. The van der Waals surface area contributed by atoms with Crippen molar-refractivity contribution in [3.8, 4) is 0 Å². The predicted molar refractivity (Wildman–Crippen MR) is 64.3 cm³/mol. The van der Waals surface area contributed by atoms with E-state index in [0.717, 1.165) is 32.6 Å². The van der Waals surface area contributed by atoms with Crippen LogP contribution in [0.3, 0.4) is 0 Å².